The fourth-order valence-corrected chi connectivity index (χ4v) is 5.69. The van der Waals surface area contributed by atoms with Gasteiger partial charge in [0, 0.05) is 12.6 Å². The first-order valence-electron chi connectivity index (χ1n) is 13.6. The van der Waals surface area contributed by atoms with Gasteiger partial charge < -0.3 is 24.4 Å². The van der Waals surface area contributed by atoms with E-state index < -0.39 is 6.04 Å². The predicted octanol–water partition coefficient (Wildman–Crippen LogP) is 5.74. The van der Waals surface area contributed by atoms with Gasteiger partial charge >= 0.3 is 0 Å². The number of anilines is 1. The lowest BCUT2D eigenvalue weighted by Crippen LogP contribution is -2.52. The van der Waals surface area contributed by atoms with Crippen molar-refractivity contribution in [2.45, 2.75) is 31.8 Å². The number of ether oxygens (including phenoxy) is 3. The van der Waals surface area contributed by atoms with Gasteiger partial charge in [0.25, 0.3) is 5.91 Å². The molecular formula is C31H33Cl2N3O5. The summed E-state index contributed by atoms with van der Waals surface area (Å²) in [7, 11) is 3.23. The van der Waals surface area contributed by atoms with Gasteiger partial charge in [-0.15, -0.1) is 0 Å². The summed E-state index contributed by atoms with van der Waals surface area (Å²) >= 11 is 12.4. The Bertz CT molecular complexity index is 1430. The van der Waals surface area contributed by atoms with Crippen LogP contribution in [-0.2, 0) is 9.59 Å². The summed E-state index contributed by atoms with van der Waals surface area (Å²) in [5.74, 6) is 1.14. The van der Waals surface area contributed by atoms with E-state index in [2.05, 4.69) is 10.2 Å². The lowest BCUT2D eigenvalue weighted by Gasteiger charge is -2.34. The van der Waals surface area contributed by atoms with Crippen LogP contribution in [0.15, 0.2) is 54.6 Å². The van der Waals surface area contributed by atoms with E-state index in [1.54, 1.807) is 33.3 Å². The Morgan fingerprint density at radius 3 is 2.29 bits per heavy atom. The molecule has 0 spiro atoms. The Kier molecular flexibility index (Phi) is 8.92. The zero-order valence-corrected chi connectivity index (χ0v) is 24.8. The van der Waals surface area contributed by atoms with Crippen LogP contribution < -0.4 is 24.4 Å². The molecule has 216 valence electrons. The Labute approximate surface area is 250 Å². The van der Waals surface area contributed by atoms with E-state index in [-0.39, 0.29) is 29.5 Å². The summed E-state index contributed by atoms with van der Waals surface area (Å²) in [5.41, 5.74) is 3.41. The molecule has 41 heavy (non-hydrogen) atoms. The minimum absolute atomic E-state index is 0.183. The van der Waals surface area contributed by atoms with Crippen LogP contribution in [-0.4, -0.2) is 63.2 Å². The van der Waals surface area contributed by atoms with Gasteiger partial charge in [-0.2, -0.15) is 0 Å². The summed E-state index contributed by atoms with van der Waals surface area (Å²) in [6.07, 6.45) is 2.27. The number of methoxy groups -OCH3 is 2. The fourth-order valence-electron chi connectivity index (χ4n) is 5.38. The molecule has 10 heteroatoms. The smallest absolute Gasteiger partial charge is 0.265 e. The van der Waals surface area contributed by atoms with Crippen molar-refractivity contribution in [2.24, 2.45) is 0 Å². The van der Waals surface area contributed by atoms with E-state index in [0.717, 1.165) is 42.6 Å². The molecule has 0 aliphatic carbocycles. The van der Waals surface area contributed by atoms with Crippen LogP contribution in [0.25, 0.3) is 11.1 Å². The molecule has 1 fully saturated rings. The first-order chi connectivity index (χ1) is 19.8. The number of hydrogen-bond acceptors (Lipinski definition) is 6. The van der Waals surface area contributed by atoms with Crippen molar-refractivity contribution in [3.8, 4) is 28.4 Å². The number of amides is 2. The molecule has 0 saturated carbocycles. The van der Waals surface area contributed by atoms with Gasteiger partial charge in [0.2, 0.25) is 5.91 Å². The number of nitrogens with zero attached hydrogens (tertiary/aromatic N) is 2. The maximum absolute atomic E-state index is 13.7. The van der Waals surface area contributed by atoms with Crippen LogP contribution in [0.4, 0.5) is 5.69 Å². The lowest BCUT2D eigenvalue weighted by atomic mass is 9.99. The molecule has 2 aliphatic heterocycles. The molecule has 1 saturated heterocycles. The Morgan fingerprint density at radius 2 is 1.61 bits per heavy atom. The SMILES string of the molecule is COc1ccc(-c2ccc(C(CN3CCCC3)NC(=O)C(C)N3C(=O)COc4cc(Cl)c(Cl)cc43)cc2)cc1OC. The van der Waals surface area contributed by atoms with Gasteiger partial charge in [-0.05, 0) is 67.7 Å². The predicted molar refractivity (Wildman–Crippen MR) is 160 cm³/mol. The van der Waals surface area contributed by atoms with E-state index in [4.69, 9.17) is 37.4 Å². The van der Waals surface area contributed by atoms with E-state index in [9.17, 15) is 9.59 Å². The number of rotatable bonds is 9. The molecule has 5 rings (SSSR count). The quantitative estimate of drug-likeness (QED) is 0.338. The number of carbonyl (C=O) groups is 2. The molecule has 8 nitrogen and oxygen atoms in total. The van der Waals surface area contributed by atoms with Gasteiger partial charge in [0.05, 0.1) is 36.0 Å². The third kappa shape index (κ3) is 6.25. The van der Waals surface area contributed by atoms with Gasteiger partial charge in [-0.1, -0.05) is 53.5 Å². The van der Waals surface area contributed by atoms with Crippen molar-refractivity contribution in [3.05, 3.63) is 70.2 Å². The van der Waals surface area contributed by atoms with Crippen LogP contribution in [0.3, 0.4) is 0 Å². The van der Waals surface area contributed by atoms with Crippen LogP contribution >= 0.6 is 23.2 Å². The van der Waals surface area contributed by atoms with E-state index in [1.807, 2.05) is 42.5 Å². The third-order valence-corrected chi connectivity index (χ3v) is 8.36. The number of halogens is 2. The molecule has 2 atom stereocenters. The van der Waals surface area contributed by atoms with Crippen molar-refractivity contribution in [1.29, 1.82) is 0 Å². The van der Waals surface area contributed by atoms with Crippen molar-refractivity contribution in [1.82, 2.24) is 10.2 Å². The van der Waals surface area contributed by atoms with Crippen LogP contribution in [0.5, 0.6) is 17.2 Å². The molecule has 1 N–H and O–H groups in total. The summed E-state index contributed by atoms with van der Waals surface area (Å²) in [4.78, 5) is 30.4. The molecule has 2 heterocycles. The molecule has 2 amide bonds. The molecule has 3 aromatic rings. The highest BCUT2D eigenvalue weighted by Gasteiger charge is 2.35. The molecule has 3 aromatic carbocycles. The zero-order valence-electron chi connectivity index (χ0n) is 23.3. The highest BCUT2D eigenvalue weighted by molar-refractivity contribution is 6.42. The summed E-state index contributed by atoms with van der Waals surface area (Å²) in [6, 6.07) is 16.0. The van der Waals surface area contributed by atoms with Crippen molar-refractivity contribution < 1.29 is 23.8 Å². The number of nitrogens with one attached hydrogen (secondary N) is 1. The van der Waals surface area contributed by atoms with Crippen LogP contribution in [0.2, 0.25) is 10.0 Å². The van der Waals surface area contributed by atoms with Gasteiger partial charge in [-0.3, -0.25) is 14.5 Å². The molecule has 0 radical (unpaired) electrons. The number of hydrogen-bond donors (Lipinski definition) is 1. The van der Waals surface area contributed by atoms with Crippen molar-refractivity contribution in [3.63, 3.8) is 0 Å². The Hall–Kier alpha value is -3.46. The van der Waals surface area contributed by atoms with Gasteiger partial charge in [0.1, 0.15) is 11.8 Å². The second-order valence-electron chi connectivity index (χ2n) is 10.2. The highest BCUT2D eigenvalue weighted by atomic mass is 35.5. The van der Waals surface area contributed by atoms with Crippen LogP contribution in [0.1, 0.15) is 31.4 Å². The highest BCUT2D eigenvalue weighted by Crippen LogP contribution is 2.40. The van der Waals surface area contributed by atoms with Crippen molar-refractivity contribution >= 4 is 40.7 Å². The average molecular weight is 599 g/mol. The topological polar surface area (TPSA) is 80.3 Å². The fraction of sp³-hybridized carbons (Fsp3) is 0.355. The molecule has 0 aromatic heterocycles. The first-order valence-corrected chi connectivity index (χ1v) is 14.3. The normalized spacial score (nSPS) is 16.5. The number of carbonyl (C=O) groups excluding carboxylic acids is 2. The summed E-state index contributed by atoms with van der Waals surface area (Å²) < 4.78 is 16.4. The maximum Gasteiger partial charge on any atom is 0.265 e. The van der Waals surface area contributed by atoms with Crippen LogP contribution in [0, 0.1) is 0 Å². The molecular weight excluding hydrogens is 565 g/mol. The second-order valence-corrected chi connectivity index (χ2v) is 11.0. The molecule has 2 aliphatic rings. The first kappa shape index (κ1) is 29.0. The van der Waals surface area contributed by atoms with E-state index >= 15 is 0 Å². The minimum Gasteiger partial charge on any atom is -0.493 e. The Morgan fingerprint density at radius 1 is 0.951 bits per heavy atom. The lowest BCUT2D eigenvalue weighted by molar-refractivity contribution is -0.128. The zero-order chi connectivity index (χ0) is 29.1. The summed E-state index contributed by atoms with van der Waals surface area (Å²) in [5, 5.41) is 3.82. The second kappa shape index (κ2) is 12.6. The standard InChI is InChI=1S/C31H33Cl2N3O5/c1-19(36-26-15-23(32)24(33)16-28(26)41-18-30(36)37)31(38)34-25(17-35-12-4-5-13-35)21-8-6-20(7-9-21)22-10-11-27(39-2)29(14-22)40-3/h6-11,14-16,19,25H,4-5,12-13,17-18H2,1-3H3,(H,34,38). The molecule has 2 unspecified atom stereocenters. The van der Waals surface area contributed by atoms with Crippen molar-refractivity contribution in [2.75, 3.05) is 45.4 Å². The third-order valence-electron chi connectivity index (χ3n) is 7.63. The van der Waals surface area contributed by atoms with E-state index in [0.29, 0.717) is 34.5 Å². The minimum atomic E-state index is -0.797. The molecule has 0 bridgehead atoms. The largest absolute Gasteiger partial charge is 0.493 e. The van der Waals surface area contributed by atoms with E-state index in [1.165, 1.54) is 4.90 Å². The van der Waals surface area contributed by atoms with Gasteiger partial charge in [0.15, 0.2) is 18.1 Å². The maximum atomic E-state index is 13.7. The average Bonchev–Trinajstić information content (AvgIpc) is 3.50. The summed E-state index contributed by atoms with van der Waals surface area (Å²) in [6.45, 7) is 4.17. The number of likely N-dealkylation sites (tertiary alicyclic amines) is 1. The Balaban J connectivity index is 1.39. The monoisotopic (exact) mass is 597 g/mol. The number of benzene rings is 3. The van der Waals surface area contributed by atoms with Gasteiger partial charge in [-0.25, -0.2) is 0 Å². The number of fused-ring (bicyclic) bond motifs is 1.